The highest BCUT2D eigenvalue weighted by molar-refractivity contribution is 6.05. The van der Waals surface area contributed by atoms with Crippen LogP contribution in [-0.4, -0.2) is 27.9 Å². The highest BCUT2D eigenvalue weighted by Gasteiger charge is 2.24. The number of nitrogens with one attached hydrogen (secondary N) is 1. The molecule has 1 fully saturated rings. The Hall–Kier alpha value is -2.57. The van der Waals surface area contributed by atoms with E-state index in [-0.39, 0.29) is 5.91 Å². The summed E-state index contributed by atoms with van der Waals surface area (Å²) in [6.07, 6.45) is 3.58. The fourth-order valence-corrected chi connectivity index (χ4v) is 1.96. The lowest BCUT2D eigenvalue weighted by Crippen LogP contribution is -2.49. The van der Waals surface area contributed by atoms with E-state index in [2.05, 4.69) is 10.3 Å². The molecule has 1 aliphatic rings. The van der Waals surface area contributed by atoms with Crippen molar-refractivity contribution < 1.29 is 9.59 Å². The summed E-state index contributed by atoms with van der Waals surface area (Å²) in [5, 5.41) is 2.28. The van der Waals surface area contributed by atoms with Crippen LogP contribution in [0, 0.1) is 0 Å². The van der Waals surface area contributed by atoms with Crippen molar-refractivity contribution in [2.75, 3.05) is 17.2 Å². The van der Waals surface area contributed by atoms with Crippen molar-refractivity contribution in [2.24, 2.45) is 0 Å². The molecule has 2 aromatic heterocycles. The van der Waals surface area contributed by atoms with Gasteiger partial charge in [0, 0.05) is 19.2 Å². The summed E-state index contributed by atoms with van der Waals surface area (Å²) in [5.41, 5.74) is 7.15. The van der Waals surface area contributed by atoms with Crippen molar-refractivity contribution in [2.45, 2.75) is 6.42 Å². The molecule has 18 heavy (non-hydrogen) atoms. The number of imide groups is 1. The van der Waals surface area contributed by atoms with Gasteiger partial charge in [0.05, 0.1) is 11.9 Å². The van der Waals surface area contributed by atoms with Gasteiger partial charge in [-0.05, 0) is 12.1 Å². The first-order valence-electron chi connectivity index (χ1n) is 5.49. The quantitative estimate of drug-likeness (QED) is 0.758. The number of nitrogen functional groups attached to an aromatic ring is 1. The van der Waals surface area contributed by atoms with Gasteiger partial charge in [0.2, 0.25) is 5.91 Å². The summed E-state index contributed by atoms with van der Waals surface area (Å²) >= 11 is 0. The van der Waals surface area contributed by atoms with Crippen molar-refractivity contribution in [1.29, 1.82) is 0 Å². The summed E-state index contributed by atoms with van der Waals surface area (Å²) < 4.78 is 1.69. The third-order valence-corrected chi connectivity index (χ3v) is 2.88. The van der Waals surface area contributed by atoms with E-state index in [0.29, 0.717) is 30.1 Å². The number of nitrogens with zero attached hydrogens (tertiary/aromatic N) is 3. The Balaban J connectivity index is 2.01. The van der Waals surface area contributed by atoms with Gasteiger partial charge in [0.1, 0.15) is 11.5 Å². The summed E-state index contributed by atoms with van der Waals surface area (Å²) in [4.78, 5) is 28.4. The zero-order chi connectivity index (χ0) is 12.7. The third-order valence-electron chi connectivity index (χ3n) is 2.88. The Morgan fingerprint density at radius 1 is 1.33 bits per heavy atom. The molecule has 0 bridgehead atoms. The van der Waals surface area contributed by atoms with Crippen molar-refractivity contribution in [1.82, 2.24) is 14.7 Å². The van der Waals surface area contributed by atoms with Gasteiger partial charge in [-0.2, -0.15) is 0 Å². The van der Waals surface area contributed by atoms with Crippen molar-refractivity contribution in [3.63, 3.8) is 0 Å². The number of urea groups is 1. The molecular formula is C11H11N5O2. The number of anilines is 2. The monoisotopic (exact) mass is 245 g/mol. The lowest BCUT2D eigenvalue weighted by molar-refractivity contribution is -0.120. The molecule has 3 N–H and O–H groups in total. The summed E-state index contributed by atoms with van der Waals surface area (Å²) in [5.74, 6) is 0.250. The standard InChI is InChI=1S/C11H11N5O2/c12-8-5-13-9-2-1-7(6-16(8)9)15-4-3-10(17)14-11(15)18/h1-2,5-6H,3-4,12H2,(H,14,17,18). The van der Waals surface area contributed by atoms with Gasteiger partial charge in [-0.3, -0.25) is 19.4 Å². The number of nitrogens with two attached hydrogens (primary N) is 1. The number of imidazole rings is 1. The zero-order valence-corrected chi connectivity index (χ0v) is 9.46. The molecule has 3 heterocycles. The minimum Gasteiger partial charge on any atom is -0.383 e. The molecule has 0 aromatic carbocycles. The molecule has 1 saturated heterocycles. The van der Waals surface area contributed by atoms with Gasteiger partial charge in [-0.1, -0.05) is 0 Å². The molecule has 0 unspecified atom stereocenters. The van der Waals surface area contributed by atoms with Gasteiger partial charge in [0.15, 0.2) is 0 Å². The molecule has 0 radical (unpaired) electrons. The van der Waals surface area contributed by atoms with Gasteiger partial charge >= 0.3 is 6.03 Å². The first-order chi connectivity index (χ1) is 8.65. The highest BCUT2D eigenvalue weighted by atomic mass is 16.2. The Labute approximate surface area is 102 Å². The van der Waals surface area contributed by atoms with E-state index in [1.807, 2.05) is 0 Å². The number of rotatable bonds is 1. The van der Waals surface area contributed by atoms with Crippen LogP contribution in [-0.2, 0) is 4.79 Å². The summed E-state index contributed by atoms with van der Waals surface area (Å²) in [6, 6.07) is 3.14. The largest absolute Gasteiger partial charge is 0.383 e. The Kier molecular flexibility index (Phi) is 2.19. The smallest absolute Gasteiger partial charge is 0.328 e. The normalized spacial score (nSPS) is 16.1. The van der Waals surface area contributed by atoms with Crippen LogP contribution in [0.2, 0.25) is 0 Å². The Morgan fingerprint density at radius 3 is 2.94 bits per heavy atom. The maximum Gasteiger partial charge on any atom is 0.328 e. The first kappa shape index (κ1) is 10.6. The summed E-state index contributed by atoms with van der Waals surface area (Å²) in [6.45, 7) is 0.366. The molecule has 2 aromatic rings. The predicted octanol–water partition coefficient (Wildman–Crippen LogP) is 0.363. The van der Waals surface area contributed by atoms with Crippen LogP contribution in [0.5, 0.6) is 0 Å². The average Bonchev–Trinajstić information content (AvgIpc) is 2.71. The second kappa shape index (κ2) is 3.73. The lowest BCUT2D eigenvalue weighted by atomic mass is 10.2. The maximum atomic E-state index is 11.7. The van der Waals surface area contributed by atoms with E-state index in [0.717, 1.165) is 0 Å². The van der Waals surface area contributed by atoms with Gasteiger partial charge < -0.3 is 5.73 Å². The van der Waals surface area contributed by atoms with E-state index < -0.39 is 6.03 Å². The van der Waals surface area contributed by atoms with E-state index in [9.17, 15) is 9.59 Å². The van der Waals surface area contributed by atoms with Crippen molar-refractivity contribution >= 4 is 29.1 Å². The number of aromatic nitrogens is 2. The average molecular weight is 245 g/mol. The molecule has 0 aliphatic carbocycles. The highest BCUT2D eigenvalue weighted by Crippen LogP contribution is 2.19. The molecule has 0 atom stereocenters. The fourth-order valence-electron chi connectivity index (χ4n) is 1.96. The topological polar surface area (TPSA) is 92.7 Å². The number of carbonyl (C=O) groups is 2. The van der Waals surface area contributed by atoms with E-state index in [4.69, 9.17) is 5.73 Å². The van der Waals surface area contributed by atoms with Crippen molar-refractivity contribution in [3.8, 4) is 0 Å². The number of carbonyl (C=O) groups excluding carboxylic acids is 2. The lowest BCUT2D eigenvalue weighted by Gasteiger charge is -2.26. The molecule has 0 spiro atoms. The van der Waals surface area contributed by atoms with Crippen LogP contribution in [0.3, 0.4) is 0 Å². The van der Waals surface area contributed by atoms with E-state index >= 15 is 0 Å². The fraction of sp³-hybridized carbons (Fsp3) is 0.182. The van der Waals surface area contributed by atoms with Gasteiger partial charge in [0.25, 0.3) is 0 Å². The number of hydrogen-bond donors (Lipinski definition) is 2. The van der Waals surface area contributed by atoms with Gasteiger partial charge in [-0.25, -0.2) is 9.78 Å². The molecule has 7 nitrogen and oxygen atoms in total. The molecule has 7 heteroatoms. The van der Waals surface area contributed by atoms with Crippen LogP contribution in [0.25, 0.3) is 5.65 Å². The predicted molar refractivity (Wildman–Crippen MR) is 65.1 cm³/mol. The molecule has 0 saturated carbocycles. The van der Waals surface area contributed by atoms with Crippen molar-refractivity contribution in [3.05, 3.63) is 24.5 Å². The third kappa shape index (κ3) is 1.56. The zero-order valence-electron chi connectivity index (χ0n) is 9.46. The minimum atomic E-state index is -0.413. The van der Waals surface area contributed by atoms with Crippen LogP contribution in [0.1, 0.15) is 6.42 Å². The van der Waals surface area contributed by atoms with Crippen LogP contribution < -0.4 is 16.0 Å². The SMILES string of the molecule is Nc1cnc2ccc(N3CCC(=O)NC3=O)cn12. The summed E-state index contributed by atoms with van der Waals surface area (Å²) in [7, 11) is 0. The van der Waals surface area contributed by atoms with E-state index in [1.165, 1.54) is 4.90 Å². The minimum absolute atomic E-state index is 0.250. The number of hydrogen-bond acceptors (Lipinski definition) is 4. The molecule has 1 aliphatic heterocycles. The van der Waals surface area contributed by atoms with Gasteiger partial charge in [-0.15, -0.1) is 0 Å². The van der Waals surface area contributed by atoms with E-state index in [1.54, 1.807) is 28.9 Å². The first-order valence-corrected chi connectivity index (χ1v) is 5.49. The second-order valence-corrected chi connectivity index (χ2v) is 4.05. The van der Waals surface area contributed by atoms with Crippen LogP contribution >= 0.6 is 0 Å². The molecule has 3 amide bonds. The molecular weight excluding hydrogens is 234 g/mol. The molecule has 92 valence electrons. The maximum absolute atomic E-state index is 11.7. The number of amides is 3. The number of fused-ring (bicyclic) bond motifs is 1. The Morgan fingerprint density at radius 2 is 2.17 bits per heavy atom. The Bertz CT molecular complexity index is 648. The van der Waals surface area contributed by atoms with Crippen LogP contribution in [0.4, 0.5) is 16.3 Å². The second-order valence-electron chi connectivity index (χ2n) is 4.05. The number of pyridine rings is 1. The van der Waals surface area contributed by atoms with Crippen LogP contribution in [0.15, 0.2) is 24.5 Å². The molecule has 3 rings (SSSR count).